The summed E-state index contributed by atoms with van der Waals surface area (Å²) in [5.41, 5.74) is 0. The van der Waals surface area contributed by atoms with E-state index >= 15 is 0 Å². The maximum Gasteiger partial charge on any atom is 0.152 e. The smallest absolute Gasteiger partial charge is 0.152 e. The van der Waals surface area contributed by atoms with Gasteiger partial charge in [0.1, 0.15) is 0 Å². The Morgan fingerprint density at radius 3 is 2.08 bits per heavy atom. The molecular formula is C19H40N2O2S. The Morgan fingerprint density at radius 1 is 0.958 bits per heavy atom. The number of nitrogens with zero attached hydrogens (tertiary/aromatic N) is 2. The van der Waals surface area contributed by atoms with Crippen LogP contribution in [0.1, 0.15) is 59.8 Å². The molecule has 4 nitrogen and oxygen atoms in total. The first-order valence-corrected chi connectivity index (χ1v) is 11.8. The maximum absolute atomic E-state index is 11.4. The van der Waals surface area contributed by atoms with Gasteiger partial charge in [-0.2, -0.15) is 0 Å². The largest absolute Gasteiger partial charge is 0.304 e. The Labute approximate surface area is 150 Å². The van der Waals surface area contributed by atoms with Crippen molar-refractivity contribution < 1.29 is 8.42 Å². The Hall–Kier alpha value is -0.130. The fourth-order valence-electron chi connectivity index (χ4n) is 3.34. The van der Waals surface area contributed by atoms with Crippen molar-refractivity contribution in [1.29, 1.82) is 0 Å². The summed E-state index contributed by atoms with van der Waals surface area (Å²) in [5, 5.41) is 0. The van der Waals surface area contributed by atoms with Gasteiger partial charge < -0.3 is 9.80 Å². The molecule has 1 atom stereocenters. The van der Waals surface area contributed by atoms with Gasteiger partial charge in [0, 0.05) is 13.1 Å². The fraction of sp³-hybridized carbons (Fsp3) is 1.00. The first-order valence-electron chi connectivity index (χ1n) is 9.97. The Morgan fingerprint density at radius 2 is 1.54 bits per heavy atom. The van der Waals surface area contributed by atoms with Crippen molar-refractivity contribution in [3.05, 3.63) is 0 Å². The zero-order valence-electron chi connectivity index (χ0n) is 16.5. The summed E-state index contributed by atoms with van der Waals surface area (Å²) >= 11 is 0. The predicted octanol–water partition coefficient (Wildman–Crippen LogP) is 3.28. The highest BCUT2D eigenvalue weighted by Crippen LogP contribution is 2.14. The number of sulfone groups is 1. The summed E-state index contributed by atoms with van der Waals surface area (Å²) in [7, 11) is -2.74. The van der Waals surface area contributed by atoms with Gasteiger partial charge >= 0.3 is 0 Å². The molecule has 144 valence electrons. The van der Waals surface area contributed by atoms with E-state index in [2.05, 4.69) is 37.5 Å². The first-order chi connectivity index (χ1) is 11.3. The molecule has 1 aliphatic heterocycles. The molecule has 1 heterocycles. The van der Waals surface area contributed by atoms with Crippen LogP contribution in [0.3, 0.4) is 0 Å². The lowest BCUT2D eigenvalue weighted by Crippen LogP contribution is -2.41. The summed E-state index contributed by atoms with van der Waals surface area (Å²) in [5.74, 6) is 2.25. The van der Waals surface area contributed by atoms with Crippen LogP contribution in [0, 0.1) is 11.8 Å². The maximum atomic E-state index is 11.4. The van der Waals surface area contributed by atoms with Crippen molar-refractivity contribution in [2.24, 2.45) is 11.8 Å². The van der Waals surface area contributed by atoms with E-state index in [1.807, 2.05) is 0 Å². The zero-order chi connectivity index (χ0) is 18.0. The molecule has 1 rings (SSSR count). The van der Waals surface area contributed by atoms with Gasteiger partial charge in [-0.1, -0.05) is 27.7 Å². The summed E-state index contributed by atoms with van der Waals surface area (Å²) in [6, 6.07) is 0. The minimum Gasteiger partial charge on any atom is -0.304 e. The van der Waals surface area contributed by atoms with Crippen molar-refractivity contribution in [3.8, 4) is 0 Å². The molecule has 0 aromatic heterocycles. The Bertz CT molecular complexity index is 409. The van der Waals surface area contributed by atoms with Gasteiger partial charge in [-0.3, -0.25) is 0 Å². The molecule has 5 heteroatoms. The molecule has 0 amide bonds. The average Bonchev–Trinajstić information content (AvgIpc) is 2.52. The Kier molecular flexibility index (Phi) is 10.5. The third-order valence-corrected chi connectivity index (χ3v) is 6.86. The van der Waals surface area contributed by atoms with Gasteiger partial charge in [-0.15, -0.1) is 0 Å². The lowest BCUT2D eigenvalue weighted by Gasteiger charge is -2.27. The van der Waals surface area contributed by atoms with E-state index < -0.39 is 9.84 Å². The van der Waals surface area contributed by atoms with Crippen LogP contribution in [0.15, 0.2) is 0 Å². The zero-order valence-corrected chi connectivity index (χ0v) is 17.3. The molecule has 1 saturated heterocycles. The van der Waals surface area contributed by atoms with Crippen LogP contribution in [-0.4, -0.2) is 69.0 Å². The van der Waals surface area contributed by atoms with Crippen molar-refractivity contribution in [2.45, 2.75) is 59.8 Å². The van der Waals surface area contributed by atoms with Crippen molar-refractivity contribution >= 4 is 9.84 Å². The fourth-order valence-corrected chi connectivity index (χ4v) is 4.61. The topological polar surface area (TPSA) is 40.6 Å². The third kappa shape index (κ3) is 10.00. The highest BCUT2D eigenvalue weighted by molar-refractivity contribution is 7.91. The minimum atomic E-state index is -2.74. The quantitative estimate of drug-likeness (QED) is 0.535. The molecule has 0 N–H and O–H groups in total. The van der Waals surface area contributed by atoms with Crippen LogP contribution in [0.5, 0.6) is 0 Å². The average molecular weight is 361 g/mol. The van der Waals surface area contributed by atoms with E-state index in [-0.39, 0.29) is 0 Å². The minimum absolute atomic E-state index is 0.350. The molecule has 1 unspecified atom stereocenters. The lowest BCUT2D eigenvalue weighted by atomic mass is 10.0. The molecule has 0 aromatic rings. The van der Waals surface area contributed by atoms with Gasteiger partial charge in [-0.05, 0) is 70.1 Å². The molecular weight excluding hydrogens is 320 g/mol. The summed E-state index contributed by atoms with van der Waals surface area (Å²) in [4.78, 5) is 4.91. The second kappa shape index (κ2) is 11.5. The monoisotopic (exact) mass is 360 g/mol. The Balaban J connectivity index is 2.09. The molecule has 1 fully saturated rings. The van der Waals surface area contributed by atoms with Crippen molar-refractivity contribution in [2.75, 3.05) is 50.8 Å². The third-order valence-electron chi connectivity index (χ3n) is 5.25. The van der Waals surface area contributed by atoms with E-state index in [0.717, 1.165) is 38.0 Å². The number of rotatable bonds is 12. The summed E-state index contributed by atoms with van der Waals surface area (Å²) in [6.07, 6.45) is 6.41. The lowest BCUT2D eigenvalue weighted by molar-refractivity contribution is 0.248. The van der Waals surface area contributed by atoms with E-state index in [9.17, 15) is 8.42 Å². The van der Waals surface area contributed by atoms with Crippen LogP contribution in [0.2, 0.25) is 0 Å². The predicted molar refractivity (Wildman–Crippen MR) is 104 cm³/mol. The molecule has 0 aliphatic carbocycles. The first kappa shape index (κ1) is 21.9. The molecule has 0 bridgehead atoms. The molecule has 0 saturated carbocycles. The van der Waals surface area contributed by atoms with Crippen molar-refractivity contribution in [1.82, 2.24) is 9.80 Å². The van der Waals surface area contributed by atoms with Crippen LogP contribution in [0.25, 0.3) is 0 Å². The van der Waals surface area contributed by atoms with Crippen LogP contribution in [0.4, 0.5) is 0 Å². The molecule has 0 aromatic carbocycles. The normalized spacial score (nSPS) is 19.9. The number of hydrogen-bond donors (Lipinski definition) is 0. The van der Waals surface area contributed by atoms with Gasteiger partial charge in [0.15, 0.2) is 9.84 Å². The molecule has 1 aliphatic rings. The van der Waals surface area contributed by atoms with E-state index in [1.165, 1.54) is 45.2 Å². The standard InChI is InChI=1S/C19H40N2O2S/c1-5-20(11-6-8-18(2)3)12-7-9-19(4)10-13-21-14-16-24(22,23)17-15-21/h18-19H,5-17H2,1-4H3. The van der Waals surface area contributed by atoms with E-state index in [0.29, 0.717) is 11.5 Å². The van der Waals surface area contributed by atoms with Crippen LogP contribution >= 0.6 is 0 Å². The second-order valence-corrected chi connectivity index (χ2v) is 10.3. The summed E-state index contributed by atoms with van der Waals surface area (Å²) in [6.45, 7) is 15.4. The highest BCUT2D eigenvalue weighted by Gasteiger charge is 2.21. The van der Waals surface area contributed by atoms with Crippen molar-refractivity contribution in [3.63, 3.8) is 0 Å². The SMILES string of the molecule is CCN(CCCC(C)C)CCCC(C)CCN1CCS(=O)(=O)CC1. The number of hydrogen-bond acceptors (Lipinski definition) is 4. The molecule has 0 radical (unpaired) electrons. The van der Waals surface area contributed by atoms with Gasteiger partial charge in [-0.25, -0.2) is 8.42 Å². The van der Waals surface area contributed by atoms with Gasteiger partial charge in [0.25, 0.3) is 0 Å². The van der Waals surface area contributed by atoms with Crippen LogP contribution < -0.4 is 0 Å². The van der Waals surface area contributed by atoms with E-state index in [1.54, 1.807) is 0 Å². The second-order valence-electron chi connectivity index (χ2n) is 8.00. The molecule has 0 spiro atoms. The highest BCUT2D eigenvalue weighted by atomic mass is 32.2. The van der Waals surface area contributed by atoms with E-state index in [4.69, 9.17) is 0 Å². The van der Waals surface area contributed by atoms with Gasteiger partial charge in [0.2, 0.25) is 0 Å². The van der Waals surface area contributed by atoms with Gasteiger partial charge in [0.05, 0.1) is 11.5 Å². The summed E-state index contributed by atoms with van der Waals surface area (Å²) < 4.78 is 22.9. The molecule has 24 heavy (non-hydrogen) atoms. The van der Waals surface area contributed by atoms with Crippen LogP contribution in [-0.2, 0) is 9.84 Å².